The van der Waals surface area contributed by atoms with E-state index in [-0.39, 0.29) is 18.4 Å². The van der Waals surface area contributed by atoms with Crippen LogP contribution in [0.4, 0.5) is 5.82 Å². The van der Waals surface area contributed by atoms with Gasteiger partial charge in [-0.05, 0) is 24.6 Å². The minimum Gasteiger partial charge on any atom is -0.390 e. The summed E-state index contributed by atoms with van der Waals surface area (Å²) in [6.45, 7) is 1.20. The van der Waals surface area contributed by atoms with Gasteiger partial charge < -0.3 is 15.7 Å². The van der Waals surface area contributed by atoms with Gasteiger partial charge in [-0.1, -0.05) is 0 Å². The largest absolute Gasteiger partial charge is 0.390 e. The van der Waals surface area contributed by atoms with Gasteiger partial charge in [0, 0.05) is 49.5 Å². The Hall–Kier alpha value is -3.14. The number of halogens is 1. The monoisotopic (exact) mass is 438 g/mol. The number of aryl methyl sites for hydroxylation is 1. The molecule has 0 spiro atoms. The number of hydrogen-bond donors (Lipinski definition) is 2. The molecule has 1 aliphatic rings. The Morgan fingerprint density at radius 2 is 2.00 bits per heavy atom. The molecular weight excluding hydrogens is 416 g/mol. The van der Waals surface area contributed by atoms with Crippen LogP contribution >= 0.6 is 12.4 Å². The predicted octanol–water partition coefficient (Wildman–Crippen LogP) is 1.81. The van der Waals surface area contributed by atoms with Crippen LogP contribution < -0.4 is 10.6 Å². The SMILES string of the molecule is Cl.Cn1cc(-c2cc3ncccc3c(-c3cnc(N4CC[C@H](N)[C@@H](O)C4)cn3)n2)cn1. The third kappa shape index (κ3) is 4.07. The van der Waals surface area contributed by atoms with Crippen LogP contribution in [0.1, 0.15) is 6.42 Å². The number of fused-ring (bicyclic) bond motifs is 1. The second-order valence-corrected chi connectivity index (χ2v) is 7.55. The highest BCUT2D eigenvalue weighted by Gasteiger charge is 2.25. The molecule has 0 amide bonds. The van der Waals surface area contributed by atoms with Crippen LogP contribution in [-0.4, -0.2) is 60.1 Å². The van der Waals surface area contributed by atoms with E-state index in [4.69, 9.17) is 10.7 Å². The van der Waals surface area contributed by atoms with Crippen LogP contribution in [0.2, 0.25) is 0 Å². The van der Waals surface area contributed by atoms with E-state index in [2.05, 4.69) is 20.1 Å². The fraction of sp³-hybridized carbons (Fsp3) is 0.286. The third-order valence-corrected chi connectivity index (χ3v) is 5.44. The van der Waals surface area contributed by atoms with Crippen LogP contribution in [0, 0.1) is 0 Å². The van der Waals surface area contributed by atoms with Crippen molar-refractivity contribution in [2.75, 3.05) is 18.0 Å². The van der Waals surface area contributed by atoms with E-state index in [1.807, 2.05) is 36.3 Å². The first-order chi connectivity index (χ1) is 14.6. The molecule has 2 atom stereocenters. The van der Waals surface area contributed by atoms with Crippen molar-refractivity contribution in [3.8, 4) is 22.6 Å². The number of aliphatic hydroxyl groups excluding tert-OH is 1. The van der Waals surface area contributed by atoms with Crippen LogP contribution in [-0.2, 0) is 7.05 Å². The molecule has 0 saturated carbocycles. The number of β-amino-alcohol motifs (C(OH)–C–C–N with tert-alkyl or cyclic N) is 1. The number of nitrogens with zero attached hydrogens (tertiary/aromatic N) is 7. The van der Waals surface area contributed by atoms with E-state index >= 15 is 0 Å². The molecule has 5 rings (SSSR count). The van der Waals surface area contributed by atoms with E-state index in [0.717, 1.165) is 46.6 Å². The summed E-state index contributed by atoms with van der Waals surface area (Å²) in [6.07, 6.45) is 9.06. The Labute approximate surface area is 185 Å². The zero-order chi connectivity index (χ0) is 20.7. The molecule has 0 aliphatic carbocycles. The van der Waals surface area contributed by atoms with Crippen molar-refractivity contribution in [3.05, 3.63) is 49.2 Å². The van der Waals surface area contributed by atoms with Crippen molar-refractivity contribution in [2.24, 2.45) is 12.8 Å². The number of nitrogens with two attached hydrogens (primary N) is 1. The highest BCUT2D eigenvalue weighted by atomic mass is 35.5. The molecule has 1 fully saturated rings. The molecule has 4 aromatic heterocycles. The normalized spacial score (nSPS) is 18.7. The van der Waals surface area contributed by atoms with Crippen molar-refractivity contribution in [1.29, 1.82) is 0 Å². The van der Waals surface area contributed by atoms with Gasteiger partial charge in [-0.25, -0.2) is 15.0 Å². The maximum Gasteiger partial charge on any atom is 0.147 e. The lowest BCUT2D eigenvalue weighted by Gasteiger charge is -2.34. The van der Waals surface area contributed by atoms with Crippen molar-refractivity contribution in [2.45, 2.75) is 18.6 Å². The molecule has 1 aliphatic heterocycles. The number of anilines is 1. The summed E-state index contributed by atoms with van der Waals surface area (Å²) in [5, 5.41) is 15.2. The van der Waals surface area contributed by atoms with Crippen molar-refractivity contribution < 1.29 is 5.11 Å². The van der Waals surface area contributed by atoms with Crippen molar-refractivity contribution >= 4 is 29.1 Å². The molecular formula is C21H23ClN8O. The number of hydrogen-bond acceptors (Lipinski definition) is 8. The van der Waals surface area contributed by atoms with Gasteiger partial charge in [0.2, 0.25) is 0 Å². The zero-order valence-electron chi connectivity index (χ0n) is 17.0. The summed E-state index contributed by atoms with van der Waals surface area (Å²) in [5.41, 5.74) is 9.81. The van der Waals surface area contributed by atoms with E-state index in [9.17, 15) is 5.11 Å². The van der Waals surface area contributed by atoms with Gasteiger partial charge in [0.15, 0.2) is 0 Å². The molecule has 4 aromatic rings. The van der Waals surface area contributed by atoms with Crippen molar-refractivity contribution in [1.82, 2.24) is 29.7 Å². The minimum absolute atomic E-state index is 0. The summed E-state index contributed by atoms with van der Waals surface area (Å²) >= 11 is 0. The van der Waals surface area contributed by atoms with Gasteiger partial charge in [0.1, 0.15) is 17.2 Å². The van der Waals surface area contributed by atoms with Gasteiger partial charge in [-0.2, -0.15) is 5.10 Å². The van der Waals surface area contributed by atoms with Crippen LogP contribution in [0.5, 0.6) is 0 Å². The number of piperidine rings is 1. The molecule has 31 heavy (non-hydrogen) atoms. The highest BCUT2D eigenvalue weighted by Crippen LogP contribution is 2.29. The smallest absolute Gasteiger partial charge is 0.147 e. The summed E-state index contributed by atoms with van der Waals surface area (Å²) in [6, 6.07) is 5.63. The van der Waals surface area contributed by atoms with Gasteiger partial charge in [0.05, 0.1) is 35.9 Å². The lowest BCUT2D eigenvalue weighted by molar-refractivity contribution is 0.131. The summed E-state index contributed by atoms with van der Waals surface area (Å²) in [7, 11) is 1.87. The third-order valence-electron chi connectivity index (χ3n) is 5.44. The average molecular weight is 439 g/mol. The second-order valence-electron chi connectivity index (χ2n) is 7.55. The molecule has 3 N–H and O–H groups in total. The standard InChI is InChI=1S/C21H22N8O.ClH/c1-28-11-13(8-26-28)16-7-17-14(3-2-5-23-17)21(27-16)18-9-25-20(10-24-18)29-6-4-15(22)19(30)12-29;/h2-3,5,7-11,15,19,30H,4,6,12,22H2,1H3;1H/t15-,19-;/m0./s1. The van der Waals surface area contributed by atoms with Crippen LogP contribution in [0.3, 0.4) is 0 Å². The highest BCUT2D eigenvalue weighted by molar-refractivity contribution is 5.93. The Morgan fingerprint density at radius 1 is 1.13 bits per heavy atom. The van der Waals surface area contributed by atoms with Gasteiger partial charge in [0.25, 0.3) is 0 Å². The first kappa shape index (κ1) is 21.1. The Balaban J connectivity index is 0.00000231. The van der Waals surface area contributed by atoms with E-state index in [0.29, 0.717) is 12.2 Å². The van der Waals surface area contributed by atoms with E-state index in [1.165, 1.54) is 0 Å². The minimum atomic E-state index is -0.562. The Morgan fingerprint density at radius 3 is 2.71 bits per heavy atom. The fourth-order valence-electron chi connectivity index (χ4n) is 3.74. The van der Waals surface area contributed by atoms with Gasteiger partial charge in [-0.15, -0.1) is 12.4 Å². The number of rotatable bonds is 3. The Bertz CT molecular complexity index is 1200. The summed E-state index contributed by atoms with van der Waals surface area (Å²) < 4.78 is 1.74. The summed E-state index contributed by atoms with van der Waals surface area (Å²) in [4.78, 5) is 20.6. The zero-order valence-corrected chi connectivity index (χ0v) is 17.8. The average Bonchev–Trinajstić information content (AvgIpc) is 3.21. The summed E-state index contributed by atoms with van der Waals surface area (Å²) in [5.74, 6) is 0.718. The maximum atomic E-state index is 10.1. The van der Waals surface area contributed by atoms with Crippen LogP contribution in [0.15, 0.2) is 49.2 Å². The molecule has 9 nitrogen and oxygen atoms in total. The number of aromatic nitrogens is 6. The van der Waals surface area contributed by atoms with E-state index in [1.54, 1.807) is 29.5 Å². The van der Waals surface area contributed by atoms with E-state index < -0.39 is 6.10 Å². The fourth-order valence-corrected chi connectivity index (χ4v) is 3.74. The lowest BCUT2D eigenvalue weighted by atomic mass is 10.0. The van der Waals surface area contributed by atoms with Crippen LogP contribution in [0.25, 0.3) is 33.5 Å². The maximum absolute atomic E-state index is 10.1. The molecule has 0 radical (unpaired) electrons. The first-order valence-corrected chi connectivity index (χ1v) is 9.84. The molecule has 0 unspecified atom stereocenters. The Kier molecular flexibility index (Phi) is 5.81. The first-order valence-electron chi connectivity index (χ1n) is 9.84. The number of pyridine rings is 2. The van der Waals surface area contributed by atoms with Gasteiger partial charge in [-0.3, -0.25) is 9.67 Å². The lowest BCUT2D eigenvalue weighted by Crippen LogP contribution is -2.50. The molecule has 0 aromatic carbocycles. The topological polar surface area (TPSA) is 119 Å². The molecule has 5 heterocycles. The van der Waals surface area contributed by atoms with Gasteiger partial charge >= 0.3 is 0 Å². The molecule has 0 bridgehead atoms. The molecule has 1 saturated heterocycles. The van der Waals surface area contributed by atoms with Crippen molar-refractivity contribution in [3.63, 3.8) is 0 Å². The quantitative estimate of drug-likeness (QED) is 0.497. The predicted molar refractivity (Wildman–Crippen MR) is 121 cm³/mol. The second kappa shape index (κ2) is 8.54. The number of aliphatic hydroxyl groups is 1. The molecule has 160 valence electrons. The molecule has 10 heteroatoms.